The van der Waals surface area contributed by atoms with E-state index in [1.807, 2.05) is 28.1 Å². The summed E-state index contributed by atoms with van der Waals surface area (Å²) in [6.07, 6.45) is 0. The van der Waals surface area contributed by atoms with Gasteiger partial charge in [-0.3, -0.25) is 9.08 Å². The van der Waals surface area contributed by atoms with Gasteiger partial charge in [-0.25, -0.2) is 8.78 Å². The van der Waals surface area contributed by atoms with Gasteiger partial charge in [0.2, 0.25) is 0 Å². The second-order valence-electron chi connectivity index (χ2n) is 3.04. The van der Waals surface area contributed by atoms with Crippen molar-refractivity contribution in [3.05, 3.63) is 0 Å². The molecule has 15 heavy (non-hydrogen) atoms. The molecule has 0 aliphatic carbocycles. The Bertz CT molecular complexity index is 166. The van der Waals surface area contributed by atoms with Gasteiger partial charge in [0.05, 0.1) is 22.4 Å². The van der Waals surface area contributed by atoms with E-state index in [2.05, 4.69) is 4.18 Å². The highest BCUT2D eigenvalue weighted by Gasteiger charge is 2.31. The van der Waals surface area contributed by atoms with Crippen LogP contribution in [0.25, 0.3) is 0 Å². The summed E-state index contributed by atoms with van der Waals surface area (Å²) in [5.74, 6) is -2.80. The molecule has 0 bridgehead atoms. The van der Waals surface area contributed by atoms with Gasteiger partial charge in [0.15, 0.2) is 0 Å². The molecule has 0 aliphatic heterocycles. The predicted molar refractivity (Wildman–Crippen MR) is 66.5 cm³/mol. The first-order valence-electron chi connectivity index (χ1n) is 4.55. The van der Waals surface area contributed by atoms with Crippen molar-refractivity contribution in [1.29, 1.82) is 0 Å². The van der Waals surface area contributed by atoms with Crippen LogP contribution in [0, 0.1) is 0 Å². The SMILES string of the molecule is CCN(CCOC)CC(F)(F)COSI. The van der Waals surface area contributed by atoms with Crippen molar-refractivity contribution in [2.45, 2.75) is 12.8 Å². The van der Waals surface area contributed by atoms with Crippen molar-refractivity contribution in [3.8, 4) is 0 Å². The Morgan fingerprint density at radius 3 is 2.60 bits per heavy atom. The molecular formula is C8H16F2INO2S. The largest absolute Gasteiger partial charge is 0.383 e. The minimum atomic E-state index is -2.80. The predicted octanol–water partition coefficient (Wildman–Crippen LogP) is 2.60. The molecule has 0 aromatic carbocycles. The number of methoxy groups -OCH3 is 1. The summed E-state index contributed by atoms with van der Waals surface area (Å²) in [5, 5.41) is 0. The molecule has 0 rings (SSSR count). The molecule has 7 heteroatoms. The van der Waals surface area contributed by atoms with E-state index >= 15 is 0 Å². The molecule has 0 aromatic heterocycles. The minimum Gasteiger partial charge on any atom is -0.383 e. The number of likely N-dealkylation sites (N-methyl/N-ethyl adjacent to an activating group) is 1. The number of hydrogen-bond acceptors (Lipinski definition) is 4. The fourth-order valence-electron chi connectivity index (χ4n) is 1.05. The molecule has 0 unspecified atom stereocenters. The van der Waals surface area contributed by atoms with Crippen molar-refractivity contribution in [3.63, 3.8) is 0 Å². The maximum absolute atomic E-state index is 13.3. The summed E-state index contributed by atoms with van der Waals surface area (Å²) < 4.78 is 36.0. The van der Waals surface area contributed by atoms with Gasteiger partial charge in [-0.05, 0) is 6.54 Å². The quantitative estimate of drug-likeness (QED) is 0.468. The molecule has 0 saturated heterocycles. The Hall–Kier alpha value is 0.820. The second kappa shape index (κ2) is 8.91. The standard InChI is InChI=1S/C8H16F2INO2S/c1-3-12(4-5-13-2)6-8(9,10)7-14-15-11/h3-7H2,1-2H3. The van der Waals surface area contributed by atoms with Crippen LogP contribution in [0.3, 0.4) is 0 Å². The molecule has 0 heterocycles. The van der Waals surface area contributed by atoms with E-state index in [-0.39, 0.29) is 6.54 Å². The Kier molecular flexibility index (Phi) is 9.40. The third-order valence-electron chi connectivity index (χ3n) is 1.83. The lowest BCUT2D eigenvalue weighted by molar-refractivity contribution is -0.0622. The highest BCUT2D eigenvalue weighted by Crippen LogP contribution is 2.21. The van der Waals surface area contributed by atoms with Crippen LogP contribution < -0.4 is 0 Å². The Morgan fingerprint density at radius 1 is 1.47 bits per heavy atom. The molecule has 0 radical (unpaired) electrons. The zero-order valence-corrected chi connectivity index (χ0v) is 11.8. The van der Waals surface area contributed by atoms with Crippen LogP contribution in [0.15, 0.2) is 0 Å². The lowest BCUT2D eigenvalue weighted by Gasteiger charge is -2.25. The lowest BCUT2D eigenvalue weighted by atomic mass is 10.3. The zero-order chi connectivity index (χ0) is 11.7. The van der Waals surface area contributed by atoms with Gasteiger partial charge >= 0.3 is 0 Å². The highest BCUT2D eigenvalue weighted by atomic mass is 127. The number of alkyl halides is 2. The molecular weight excluding hydrogens is 339 g/mol. The van der Waals surface area contributed by atoms with Gasteiger partial charge < -0.3 is 4.74 Å². The summed E-state index contributed by atoms with van der Waals surface area (Å²) in [6.45, 7) is 2.57. The summed E-state index contributed by atoms with van der Waals surface area (Å²) >= 11 is 1.82. The normalized spacial score (nSPS) is 12.4. The highest BCUT2D eigenvalue weighted by molar-refractivity contribution is 14.2. The van der Waals surface area contributed by atoms with E-state index in [1.165, 1.54) is 0 Å². The molecule has 0 N–H and O–H groups in total. The summed E-state index contributed by atoms with van der Waals surface area (Å²) in [5.41, 5.74) is 0. The summed E-state index contributed by atoms with van der Waals surface area (Å²) in [6, 6.07) is 0. The van der Waals surface area contributed by atoms with Gasteiger partial charge in [0, 0.05) is 34.9 Å². The van der Waals surface area contributed by atoms with E-state index in [1.54, 1.807) is 12.0 Å². The zero-order valence-electron chi connectivity index (χ0n) is 8.84. The molecule has 92 valence electrons. The van der Waals surface area contributed by atoms with Crippen LogP contribution in [0.5, 0.6) is 0 Å². The second-order valence-corrected chi connectivity index (χ2v) is 4.48. The maximum atomic E-state index is 13.3. The van der Waals surface area contributed by atoms with E-state index < -0.39 is 12.5 Å². The first kappa shape index (κ1) is 15.8. The van der Waals surface area contributed by atoms with Crippen molar-refractivity contribution in [2.75, 3.05) is 40.0 Å². The van der Waals surface area contributed by atoms with E-state index in [0.29, 0.717) is 19.7 Å². The van der Waals surface area contributed by atoms with Gasteiger partial charge in [0.1, 0.15) is 6.61 Å². The average molecular weight is 355 g/mol. The minimum absolute atomic E-state index is 0.288. The number of rotatable bonds is 9. The van der Waals surface area contributed by atoms with Gasteiger partial charge in [0.25, 0.3) is 5.92 Å². The maximum Gasteiger partial charge on any atom is 0.284 e. The van der Waals surface area contributed by atoms with Crippen LogP contribution in [-0.4, -0.2) is 50.8 Å². The summed E-state index contributed by atoms with van der Waals surface area (Å²) in [7, 11) is 2.49. The van der Waals surface area contributed by atoms with E-state index in [4.69, 9.17) is 4.74 Å². The molecule has 3 nitrogen and oxygen atoms in total. The smallest absolute Gasteiger partial charge is 0.284 e. The van der Waals surface area contributed by atoms with Crippen molar-refractivity contribution < 1.29 is 17.7 Å². The lowest BCUT2D eigenvalue weighted by Crippen LogP contribution is -2.40. The molecule has 0 amide bonds. The van der Waals surface area contributed by atoms with Crippen LogP contribution in [0.4, 0.5) is 8.78 Å². The van der Waals surface area contributed by atoms with Gasteiger partial charge in [-0.1, -0.05) is 6.92 Å². The third kappa shape index (κ3) is 8.61. The Balaban J connectivity index is 3.90. The molecule has 0 saturated carbocycles. The Morgan fingerprint density at radius 2 is 2.13 bits per heavy atom. The topological polar surface area (TPSA) is 21.7 Å². The first-order chi connectivity index (χ1) is 7.05. The van der Waals surface area contributed by atoms with Crippen molar-refractivity contribution in [1.82, 2.24) is 4.90 Å². The molecule has 0 aromatic rings. The van der Waals surface area contributed by atoms with Crippen LogP contribution in [0.1, 0.15) is 6.92 Å². The average Bonchev–Trinajstić information content (AvgIpc) is 2.21. The molecule has 0 aliphatic rings. The van der Waals surface area contributed by atoms with Crippen LogP contribution >= 0.6 is 30.4 Å². The monoisotopic (exact) mass is 355 g/mol. The molecule has 0 atom stereocenters. The molecule has 0 spiro atoms. The fourth-order valence-corrected chi connectivity index (χ4v) is 1.65. The van der Waals surface area contributed by atoms with Gasteiger partial charge in [-0.2, -0.15) is 0 Å². The third-order valence-corrected chi connectivity index (χ3v) is 2.80. The molecule has 0 fully saturated rings. The Labute approximate surface area is 106 Å². The van der Waals surface area contributed by atoms with E-state index in [9.17, 15) is 8.78 Å². The first-order valence-corrected chi connectivity index (χ1v) is 7.83. The van der Waals surface area contributed by atoms with Crippen molar-refractivity contribution in [2.24, 2.45) is 0 Å². The number of ether oxygens (including phenoxy) is 1. The van der Waals surface area contributed by atoms with Gasteiger partial charge in [-0.15, -0.1) is 0 Å². The summed E-state index contributed by atoms with van der Waals surface area (Å²) in [4.78, 5) is 1.64. The number of nitrogens with zero attached hydrogens (tertiary/aromatic N) is 1. The van der Waals surface area contributed by atoms with E-state index in [0.717, 1.165) is 9.21 Å². The number of halogens is 3. The fraction of sp³-hybridized carbons (Fsp3) is 1.00. The number of hydrogen-bond donors (Lipinski definition) is 0. The van der Waals surface area contributed by atoms with Crippen LogP contribution in [0.2, 0.25) is 0 Å². The van der Waals surface area contributed by atoms with Crippen molar-refractivity contribution >= 4 is 30.4 Å². The van der Waals surface area contributed by atoms with Crippen LogP contribution in [-0.2, 0) is 8.92 Å².